The minimum atomic E-state index is -1.19. The van der Waals surface area contributed by atoms with E-state index >= 15 is 0 Å². The van der Waals surface area contributed by atoms with E-state index in [-0.39, 0.29) is 0 Å². The Hall–Kier alpha value is -4.50. The standard InChI is InChI=1S/C38H28O2/c39-37(33-13-5-1-9-29(33)30-10-2-6-14-34(30)37)27-21-17-25(18-22-27)26-19-23-28(24-20-26)38(40)35-15-7-3-11-31(35)32-12-4-8-16-36(32)38/h1-7,9-15,17-24,39-40H,8,16H2. The van der Waals surface area contributed by atoms with Crippen molar-refractivity contribution in [2.75, 3.05) is 0 Å². The van der Waals surface area contributed by atoms with Gasteiger partial charge in [-0.15, -0.1) is 0 Å². The molecule has 0 saturated carbocycles. The summed E-state index contributed by atoms with van der Waals surface area (Å²) in [5.74, 6) is 0. The molecule has 2 N–H and O–H groups in total. The minimum Gasteiger partial charge on any atom is -0.376 e. The molecule has 0 bridgehead atoms. The molecule has 1 unspecified atom stereocenters. The van der Waals surface area contributed by atoms with Gasteiger partial charge in [0, 0.05) is 16.7 Å². The number of hydrogen-bond donors (Lipinski definition) is 2. The van der Waals surface area contributed by atoms with E-state index < -0.39 is 11.2 Å². The molecule has 0 heterocycles. The number of hydrogen-bond acceptors (Lipinski definition) is 2. The summed E-state index contributed by atoms with van der Waals surface area (Å²) in [6.45, 7) is 0. The average Bonchev–Trinajstić information content (AvgIpc) is 3.45. The summed E-state index contributed by atoms with van der Waals surface area (Å²) >= 11 is 0. The van der Waals surface area contributed by atoms with Gasteiger partial charge in [-0.25, -0.2) is 0 Å². The second kappa shape index (κ2) is 8.50. The van der Waals surface area contributed by atoms with E-state index in [4.69, 9.17) is 0 Å². The monoisotopic (exact) mass is 516 g/mol. The predicted octanol–water partition coefficient (Wildman–Crippen LogP) is 7.97. The van der Waals surface area contributed by atoms with Gasteiger partial charge in [0.1, 0.15) is 11.2 Å². The van der Waals surface area contributed by atoms with Crippen molar-refractivity contribution in [3.63, 3.8) is 0 Å². The highest BCUT2D eigenvalue weighted by Crippen LogP contribution is 2.53. The second-order valence-corrected chi connectivity index (χ2v) is 11.0. The fraction of sp³-hybridized carbons (Fsp3) is 0.105. The smallest absolute Gasteiger partial charge is 0.141 e. The SMILES string of the molecule is OC1(c2ccc(-c3ccc(C4(O)c5ccccc5-c5ccccc54)cc3)cc2)C2=C(C=CCC2)c2ccccc21. The van der Waals surface area contributed by atoms with E-state index in [0.717, 1.165) is 79.6 Å². The van der Waals surface area contributed by atoms with Crippen LogP contribution in [0.15, 0.2) is 139 Å². The number of fused-ring (bicyclic) bond motifs is 5. The highest BCUT2D eigenvalue weighted by atomic mass is 16.3. The molecule has 3 aliphatic rings. The summed E-state index contributed by atoms with van der Waals surface area (Å²) in [4.78, 5) is 0. The van der Waals surface area contributed by atoms with Crippen molar-refractivity contribution in [3.05, 3.63) is 172 Å². The number of benzene rings is 5. The van der Waals surface area contributed by atoms with Gasteiger partial charge in [-0.3, -0.25) is 0 Å². The molecule has 5 aromatic rings. The van der Waals surface area contributed by atoms with Gasteiger partial charge in [0.25, 0.3) is 0 Å². The van der Waals surface area contributed by atoms with E-state index in [2.05, 4.69) is 72.8 Å². The zero-order valence-electron chi connectivity index (χ0n) is 22.0. The Labute approximate surface area is 234 Å². The number of allylic oxidation sites excluding steroid dienone is 3. The summed E-state index contributed by atoms with van der Waals surface area (Å²) in [5.41, 5.74) is 9.96. The first-order chi connectivity index (χ1) is 19.6. The molecule has 0 saturated heterocycles. The Morgan fingerprint density at radius 1 is 0.475 bits per heavy atom. The van der Waals surface area contributed by atoms with Crippen LogP contribution >= 0.6 is 0 Å². The lowest BCUT2D eigenvalue weighted by Gasteiger charge is -2.30. The van der Waals surface area contributed by atoms with Crippen molar-refractivity contribution in [3.8, 4) is 22.3 Å². The minimum absolute atomic E-state index is 0.854. The Bertz CT molecular complexity index is 1810. The normalized spacial score (nSPS) is 19.6. The third-order valence-corrected chi connectivity index (χ3v) is 9.08. The Balaban J connectivity index is 1.16. The quantitative estimate of drug-likeness (QED) is 0.255. The maximum atomic E-state index is 12.2. The summed E-state index contributed by atoms with van der Waals surface area (Å²) < 4.78 is 0. The lowest BCUT2D eigenvalue weighted by atomic mass is 9.80. The predicted molar refractivity (Wildman–Crippen MR) is 161 cm³/mol. The van der Waals surface area contributed by atoms with E-state index in [1.807, 2.05) is 60.7 Å². The van der Waals surface area contributed by atoms with Crippen LogP contribution in [-0.2, 0) is 11.2 Å². The fourth-order valence-corrected chi connectivity index (χ4v) is 7.15. The fourth-order valence-electron chi connectivity index (χ4n) is 7.15. The largest absolute Gasteiger partial charge is 0.376 e. The molecule has 2 nitrogen and oxygen atoms in total. The Morgan fingerprint density at radius 2 is 0.925 bits per heavy atom. The molecular formula is C38H28O2. The molecule has 1 atom stereocenters. The highest BCUT2D eigenvalue weighted by Gasteiger charge is 2.45. The third-order valence-electron chi connectivity index (χ3n) is 9.08. The van der Waals surface area contributed by atoms with Crippen molar-refractivity contribution in [1.82, 2.24) is 0 Å². The van der Waals surface area contributed by atoms with Crippen molar-refractivity contribution in [2.24, 2.45) is 0 Å². The van der Waals surface area contributed by atoms with Gasteiger partial charge in [-0.1, -0.05) is 133 Å². The molecule has 0 fully saturated rings. The molecule has 0 amide bonds. The number of aliphatic hydroxyl groups is 2. The zero-order chi connectivity index (χ0) is 26.9. The van der Waals surface area contributed by atoms with Crippen molar-refractivity contribution in [2.45, 2.75) is 24.0 Å². The maximum absolute atomic E-state index is 12.2. The van der Waals surface area contributed by atoms with Crippen LogP contribution in [0.5, 0.6) is 0 Å². The van der Waals surface area contributed by atoms with Crippen molar-refractivity contribution < 1.29 is 10.2 Å². The Morgan fingerprint density at radius 3 is 1.48 bits per heavy atom. The molecule has 8 rings (SSSR count). The lowest BCUT2D eigenvalue weighted by molar-refractivity contribution is 0.121. The van der Waals surface area contributed by atoms with Gasteiger partial charge in [0.2, 0.25) is 0 Å². The third kappa shape index (κ3) is 3.06. The molecule has 40 heavy (non-hydrogen) atoms. The summed E-state index contributed by atoms with van der Waals surface area (Å²) in [6, 6.07) is 41.0. The van der Waals surface area contributed by atoms with Gasteiger partial charge >= 0.3 is 0 Å². The van der Waals surface area contributed by atoms with Gasteiger partial charge in [-0.2, -0.15) is 0 Å². The Kier molecular flexibility index (Phi) is 4.97. The van der Waals surface area contributed by atoms with Crippen LogP contribution in [0.4, 0.5) is 0 Å². The molecule has 5 aromatic carbocycles. The van der Waals surface area contributed by atoms with Gasteiger partial charge in [-0.05, 0) is 62.9 Å². The zero-order valence-corrected chi connectivity index (χ0v) is 22.0. The molecule has 0 aromatic heterocycles. The average molecular weight is 517 g/mol. The first-order valence-corrected chi connectivity index (χ1v) is 14.0. The second-order valence-electron chi connectivity index (χ2n) is 11.0. The molecule has 0 aliphatic heterocycles. The van der Waals surface area contributed by atoms with Gasteiger partial charge < -0.3 is 10.2 Å². The molecular weight excluding hydrogens is 488 g/mol. The lowest BCUT2D eigenvalue weighted by Crippen LogP contribution is -2.28. The van der Waals surface area contributed by atoms with Crippen LogP contribution < -0.4 is 0 Å². The van der Waals surface area contributed by atoms with Gasteiger partial charge in [0.15, 0.2) is 0 Å². The molecule has 0 spiro atoms. The van der Waals surface area contributed by atoms with Crippen LogP contribution in [0.3, 0.4) is 0 Å². The van der Waals surface area contributed by atoms with E-state index in [1.165, 1.54) is 0 Å². The molecule has 3 aliphatic carbocycles. The molecule has 192 valence electrons. The summed E-state index contributed by atoms with van der Waals surface area (Å²) in [7, 11) is 0. The van der Waals surface area contributed by atoms with Crippen LogP contribution in [0, 0.1) is 0 Å². The van der Waals surface area contributed by atoms with Crippen LogP contribution in [-0.4, -0.2) is 10.2 Å². The topological polar surface area (TPSA) is 40.5 Å². The first-order valence-electron chi connectivity index (χ1n) is 14.0. The number of rotatable bonds is 3. The first kappa shape index (κ1) is 23.4. The van der Waals surface area contributed by atoms with E-state index in [9.17, 15) is 10.2 Å². The van der Waals surface area contributed by atoms with Crippen molar-refractivity contribution >= 4 is 5.57 Å². The van der Waals surface area contributed by atoms with Gasteiger partial charge in [0.05, 0.1) is 0 Å². The summed E-state index contributed by atoms with van der Waals surface area (Å²) in [6.07, 6.45) is 6.17. The van der Waals surface area contributed by atoms with Crippen LogP contribution in [0.1, 0.15) is 46.2 Å². The summed E-state index contributed by atoms with van der Waals surface area (Å²) in [5, 5.41) is 24.4. The van der Waals surface area contributed by atoms with Crippen LogP contribution in [0.2, 0.25) is 0 Å². The van der Waals surface area contributed by atoms with Crippen LogP contribution in [0.25, 0.3) is 27.8 Å². The molecule has 0 radical (unpaired) electrons. The molecule has 2 heteroatoms. The van der Waals surface area contributed by atoms with E-state index in [1.54, 1.807) is 0 Å². The highest BCUT2D eigenvalue weighted by molar-refractivity contribution is 5.88. The maximum Gasteiger partial charge on any atom is 0.141 e. The van der Waals surface area contributed by atoms with E-state index in [0.29, 0.717) is 0 Å². The van der Waals surface area contributed by atoms with Crippen molar-refractivity contribution in [1.29, 1.82) is 0 Å².